The van der Waals surface area contributed by atoms with Gasteiger partial charge in [0.1, 0.15) is 0 Å². The number of likely N-dealkylation sites (tertiary alicyclic amines) is 1. The zero-order chi connectivity index (χ0) is 17.5. The summed E-state index contributed by atoms with van der Waals surface area (Å²) in [5, 5.41) is 14.5. The minimum Gasteiger partial charge on any atom is -0.391 e. The third-order valence-corrected chi connectivity index (χ3v) is 7.67. The van der Waals surface area contributed by atoms with E-state index in [0.717, 1.165) is 58.2 Å². The summed E-state index contributed by atoms with van der Waals surface area (Å²) in [7, 11) is 0. The lowest BCUT2D eigenvalue weighted by Gasteiger charge is -2.43. The highest BCUT2D eigenvalue weighted by molar-refractivity contribution is 7.17. The van der Waals surface area contributed by atoms with Gasteiger partial charge in [0.25, 0.3) is 0 Å². The van der Waals surface area contributed by atoms with Crippen LogP contribution in [-0.4, -0.2) is 66.4 Å². The molecular formula is C21H28N2O2S. The average Bonchev–Trinajstić information content (AvgIpc) is 3.25. The summed E-state index contributed by atoms with van der Waals surface area (Å²) in [6, 6.07) is 9.08. The van der Waals surface area contributed by atoms with Crippen molar-refractivity contribution in [2.45, 2.75) is 31.5 Å². The Morgan fingerprint density at radius 1 is 1.08 bits per heavy atom. The molecule has 26 heavy (non-hydrogen) atoms. The molecular weight excluding hydrogens is 344 g/mol. The molecule has 0 spiro atoms. The molecule has 1 N–H and O–H groups in total. The third kappa shape index (κ3) is 3.20. The van der Waals surface area contributed by atoms with Gasteiger partial charge in [-0.25, -0.2) is 0 Å². The van der Waals surface area contributed by atoms with E-state index in [1.54, 1.807) is 0 Å². The maximum Gasteiger partial charge on any atom is 0.0698 e. The maximum atomic E-state index is 10.8. The summed E-state index contributed by atoms with van der Waals surface area (Å²) >= 11 is 1.86. The third-order valence-electron chi connectivity index (χ3n) is 6.65. The predicted molar refractivity (Wildman–Crippen MR) is 106 cm³/mol. The largest absolute Gasteiger partial charge is 0.391 e. The van der Waals surface area contributed by atoms with Gasteiger partial charge in [0.2, 0.25) is 0 Å². The fourth-order valence-corrected chi connectivity index (χ4v) is 6.29. The van der Waals surface area contributed by atoms with Crippen LogP contribution in [0.15, 0.2) is 29.6 Å². The number of aliphatic hydroxyl groups excluding tert-OH is 1. The first kappa shape index (κ1) is 17.1. The van der Waals surface area contributed by atoms with E-state index >= 15 is 0 Å². The Kier molecular flexibility index (Phi) is 4.75. The van der Waals surface area contributed by atoms with Gasteiger partial charge in [-0.05, 0) is 47.1 Å². The van der Waals surface area contributed by atoms with Crippen LogP contribution in [0.4, 0.5) is 0 Å². The number of hydrogen-bond acceptors (Lipinski definition) is 5. The van der Waals surface area contributed by atoms with Crippen molar-refractivity contribution in [1.29, 1.82) is 0 Å². The van der Waals surface area contributed by atoms with Crippen LogP contribution in [0.3, 0.4) is 0 Å². The average molecular weight is 373 g/mol. The molecule has 0 amide bonds. The fraction of sp³-hybridized carbons (Fsp3) is 0.619. The molecule has 3 aliphatic rings. The second-order valence-electron chi connectivity index (χ2n) is 8.23. The number of ether oxygens (including phenoxy) is 1. The maximum absolute atomic E-state index is 10.8. The van der Waals surface area contributed by atoms with Crippen LogP contribution in [0.25, 0.3) is 10.1 Å². The summed E-state index contributed by atoms with van der Waals surface area (Å²) in [5.74, 6) is 1.39. The lowest BCUT2D eigenvalue weighted by molar-refractivity contribution is -0.0520. The Morgan fingerprint density at radius 2 is 1.85 bits per heavy atom. The molecule has 5 heteroatoms. The van der Waals surface area contributed by atoms with Gasteiger partial charge in [-0.15, -0.1) is 11.3 Å². The number of nitrogens with zero attached hydrogens (tertiary/aromatic N) is 2. The highest BCUT2D eigenvalue weighted by Gasteiger charge is 2.43. The molecule has 1 aromatic carbocycles. The second-order valence-corrected chi connectivity index (χ2v) is 9.14. The number of rotatable bonds is 3. The predicted octanol–water partition coefficient (Wildman–Crippen LogP) is 2.80. The SMILES string of the molecule is O[C@@H]1C[C@H]2CN(Cc3csc4ccccc34)C[C@H]2C[C@H]1N1CCOCC1. The number of aliphatic hydroxyl groups is 1. The molecule has 2 aromatic rings. The molecule has 140 valence electrons. The van der Waals surface area contributed by atoms with Crippen LogP contribution in [0.1, 0.15) is 18.4 Å². The van der Waals surface area contributed by atoms with Crippen molar-refractivity contribution in [3.8, 4) is 0 Å². The first-order valence-corrected chi connectivity index (χ1v) is 10.8. The van der Waals surface area contributed by atoms with Gasteiger partial charge in [-0.3, -0.25) is 9.80 Å². The number of benzene rings is 1. The van der Waals surface area contributed by atoms with Crippen molar-refractivity contribution in [1.82, 2.24) is 9.80 Å². The summed E-state index contributed by atoms with van der Waals surface area (Å²) in [4.78, 5) is 5.09. The quantitative estimate of drug-likeness (QED) is 0.899. The molecule has 1 saturated carbocycles. The smallest absolute Gasteiger partial charge is 0.0698 e. The van der Waals surface area contributed by atoms with Crippen LogP contribution in [-0.2, 0) is 11.3 Å². The van der Waals surface area contributed by atoms with Crippen molar-refractivity contribution < 1.29 is 9.84 Å². The van der Waals surface area contributed by atoms with Gasteiger partial charge < -0.3 is 9.84 Å². The van der Waals surface area contributed by atoms with Gasteiger partial charge in [0.05, 0.1) is 19.3 Å². The molecule has 0 unspecified atom stereocenters. The number of thiophene rings is 1. The summed E-state index contributed by atoms with van der Waals surface area (Å²) in [5.41, 5.74) is 1.47. The first-order valence-electron chi connectivity index (χ1n) is 9.95. The Bertz CT molecular complexity index is 757. The molecule has 2 saturated heterocycles. The van der Waals surface area contributed by atoms with E-state index in [1.807, 2.05) is 11.3 Å². The molecule has 0 bridgehead atoms. The Morgan fingerprint density at radius 3 is 2.69 bits per heavy atom. The molecule has 1 aromatic heterocycles. The van der Waals surface area contributed by atoms with Crippen LogP contribution in [0.5, 0.6) is 0 Å². The number of fused-ring (bicyclic) bond motifs is 2. The van der Waals surface area contributed by atoms with E-state index in [1.165, 1.54) is 22.2 Å². The van der Waals surface area contributed by atoms with Crippen LogP contribution < -0.4 is 0 Å². The molecule has 3 fully saturated rings. The topological polar surface area (TPSA) is 35.9 Å². The summed E-state index contributed by atoms with van der Waals surface area (Å²) < 4.78 is 6.88. The minimum atomic E-state index is -0.170. The van der Waals surface area contributed by atoms with Crippen LogP contribution in [0.2, 0.25) is 0 Å². The van der Waals surface area contributed by atoms with Gasteiger partial charge >= 0.3 is 0 Å². The molecule has 4 nitrogen and oxygen atoms in total. The van der Waals surface area contributed by atoms with E-state index in [0.29, 0.717) is 12.0 Å². The van der Waals surface area contributed by atoms with Crippen LogP contribution >= 0.6 is 11.3 Å². The van der Waals surface area contributed by atoms with E-state index in [2.05, 4.69) is 39.4 Å². The van der Waals surface area contributed by atoms with Crippen LogP contribution in [0, 0.1) is 11.8 Å². The lowest BCUT2D eigenvalue weighted by atomic mass is 9.77. The lowest BCUT2D eigenvalue weighted by Crippen LogP contribution is -2.53. The number of morpholine rings is 1. The van der Waals surface area contributed by atoms with Crippen molar-refractivity contribution in [2.24, 2.45) is 11.8 Å². The zero-order valence-corrected chi connectivity index (χ0v) is 16.0. The van der Waals surface area contributed by atoms with Crippen molar-refractivity contribution in [3.63, 3.8) is 0 Å². The van der Waals surface area contributed by atoms with E-state index < -0.39 is 0 Å². The normalized spacial score (nSPS) is 33.6. The molecule has 5 rings (SSSR count). The summed E-state index contributed by atoms with van der Waals surface area (Å²) in [6.07, 6.45) is 1.94. The monoisotopic (exact) mass is 372 g/mol. The molecule has 1 aliphatic carbocycles. The highest BCUT2D eigenvalue weighted by Crippen LogP contribution is 2.39. The second kappa shape index (κ2) is 7.21. The Balaban J connectivity index is 1.26. The number of hydrogen-bond donors (Lipinski definition) is 1. The molecule has 4 atom stereocenters. The van der Waals surface area contributed by atoms with Gasteiger partial charge in [-0.2, -0.15) is 0 Å². The van der Waals surface area contributed by atoms with Crippen molar-refractivity contribution in [2.75, 3.05) is 39.4 Å². The van der Waals surface area contributed by atoms with Gasteiger partial charge in [0.15, 0.2) is 0 Å². The zero-order valence-electron chi connectivity index (χ0n) is 15.2. The first-order chi connectivity index (χ1) is 12.8. The molecule has 3 heterocycles. The highest BCUT2D eigenvalue weighted by atomic mass is 32.1. The summed E-state index contributed by atoms with van der Waals surface area (Å²) in [6.45, 7) is 6.95. The van der Waals surface area contributed by atoms with E-state index in [4.69, 9.17) is 4.74 Å². The minimum absolute atomic E-state index is 0.170. The van der Waals surface area contributed by atoms with Gasteiger partial charge in [-0.1, -0.05) is 18.2 Å². The van der Waals surface area contributed by atoms with E-state index in [9.17, 15) is 5.11 Å². The van der Waals surface area contributed by atoms with Crippen molar-refractivity contribution in [3.05, 3.63) is 35.2 Å². The molecule has 2 aliphatic heterocycles. The Hall–Kier alpha value is -0.980. The van der Waals surface area contributed by atoms with E-state index in [-0.39, 0.29) is 6.10 Å². The molecule has 0 radical (unpaired) electrons. The fourth-order valence-electron chi connectivity index (χ4n) is 5.33. The standard InChI is InChI=1S/C21H28N2O2S/c24-20-10-16-12-22(13-17-14-26-21-4-2-1-3-18(17)21)11-15(16)9-19(20)23-5-7-25-8-6-23/h1-4,14-16,19-20,24H,5-13H2/t15-,16+,19-,20-/m1/s1. The van der Waals surface area contributed by atoms with Gasteiger partial charge in [0, 0.05) is 43.5 Å². The van der Waals surface area contributed by atoms with Crippen molar-refractivity contribution >= 4 is 21.4 Å². The Labute approximate surface area is 159 Å².